The molecule has 1 aromatic heterocycles. The molecule has 1 amide bonds. The number of halogens is 1. The lowest BCUT2D eigenvalue weighted by atomic mass is 9.91. The average molecular weight is 544 g/mol. The minimum atomic E-state index is -0.0264. The van der Waals surface area contributed by atoms with Crippen molar-refractivity contribution in [3.63, 3.8) is 0 Å². The zero-order chi connectivity index (χ0) is 21.3. The SMILES string of the molecule is CCNC(=NCc1cccc(NC(=O)CN(C)C)c1)NCC(C)(C)c1cccs1.I. The third-order valence-corrected chi connectivity index (χ3v) is 5.56. The third-order valence-electron chi connectivity index (χ3n) is 4.32. The number of hydrogen-bond donors (Lipinski definition) is 3. The summed E-state index contributed by atoms with van der Waals surface area (Å²) in [5.41, 5.74) is 1.87. The second-order valence-electron chi connectivity index (χ2n) is 7.90. The van der Waals surface area contributed by atoms with E-state index in [2.05, 4.69) is 54.2 Å². The van der Waals surface area contributed by atoms with Crippen molar-refractivity contribution < 1.29 is 4.79 Å². The maximum absolute atomic E-state index is 12.0. The summed E-state index contributed by atoms with van der Waals surface area (Å²) in [4.78, 5) is 19.9. The standard InChI is InChI=1S/C22H33N5OS.HI/c1-6-23-21(25-16-22(2,3)19-11-8-12-29-19)24-14-17-9-7-10-18(13-17)26-20(28)15-27(4)5;/h7-13H,6,14-16H2,1-5H3,(H,26,28)(H2,23,24,25);1H. The number of nitrogens with one attached hydrogen (secondary N) is 3. The van der Waals surface area contributed by atoms with Crippen molar-refractivity contribution >= 4 is 52.9 Å². The van der Waals surface area contributed by atoms with E-state index < -0.39 is 0 Å². The smallest absolute Gasteiger partial charge is 0.238 e. The van der Waals surface area contributed by atoms with Gasteiger partial charge in [-0.2, -0.15) is 0 Å². The predicted octanol–water partition coefficient (Wildman–Crippen LogP) is 3.90. The molecule has 0 bridgehead atoms. The summed E-state index contributed by atoms with van der Waals surface area (Å²) in [6.45, 7) is 9.00. The van der Waals surface area contributed by atoms with E-state index in [1.807, 2.05) is 43.3 Å². The Morgan fingerprint density at radius 3 is 2.57 bits per heavy atom. The van der Waals surface area contributed by atoms with Crippen molar-refractivity contribution in [2.45, 2.75) is 32.7 Å². The van der Waals surface area contributed by atoms with E-state index in [9.17, 15) is 4.79 Å². The Morgan fingerprint density at radius 2 is 1.93 bits per heavy atom. The Morgan fingerprint density at radius 1 is 1.17 bits per heavy atom. The monoisotopic (exact) mass is 543 g/mol. The summed E-state index contributed by atoms with van der Waals surface area (Å²) >= 11 is 1.78. The zero-order valence-electron chi connectivity index (χ0n) is 18.5. The fourth-order valence-electron chi connectivity index (χ4n) is 2.80. The van der Waals surface area contributed by atoms with Gasteiger partial charge in [-0.1, -0.05) is 32.0 Å². The molecule has 0 saturated carbocycles. The summed E-state index contributed by atoms with van der Waals surface area (Å²) in [5, 5.41) is 11.8. The van der Waals surface area contributed by atoms with Gasteiger partial charge in [0.05, 0.1) is 13.1 Å². The number of carbonyl (C=O) groups excluding carboxylic acids is 1. The minimum Gasteiger partial charge on any atom is -0.357 e. The maximum atomic E-state index is 12.0. The van der Waals surface area contributed by atoms with Crippen LogP contribution in [-0.2, 0) is 16.8 Å². The molecule has 0 aliphatic heterocycles. The zero-order valence-corrected chi connectivity index (χ0v) is 21.6. The van der Waals surface area contributed by atoms with Crippen LogP contribution in [0.3, 0.4) is 0 Å². The summed E-state index contributed by atoms with van der Waals surface area (Å²) in [6.07, 6.45) is 0. The van der Waals surface area contributed by atoms with Crippen LogP contribution >= 0.6 is 35.3 Å². The van der Waals surface area contributed by atoms with E-state index in [1.54, 1.807) is 11.3 Å². The Kier molecular flexibility index (Phi) is 11.4. The van der Waals surface area contributed by atoms with E-state index >= 15 is 0 Å². The first-order chi connectivity index (χ1) is 13.8. The first-order valence-electron chi connectivity index (χ1n) is 9.90. The first kappa shape index (κ1) is 26.4. The van der Waals surface area contributed by atoms with E-state index in [0.717, 1.165) is 30.3 Å². The van der Waals surface area contributed by atoms with Crippen LogP contribution in [0.1, 0.15) is 31.2 Å². The second-order valence-corrected chi connectivity index (χ2v) is 8.84. The van der Waals surface area contributed by atoms with Gasteiger partial charge >= 0.3 is 0 Å². The number of carbonyl (C=O) groups is 1. The molecular weight excluding hydrogens is 509 g/mol. The average Bonchev–Trinajstić information content (AvgIpc) is 3.19. The van der Waals surface area contributed by atoms with Gasteiger partial charge in [0.1, 0.15) is 0 Å². The quantitative estimate of drug-likeness (QED) is 0.255. The fraction of sp³-hybridized carbons (Fsp3) is 0.455. The summed E-state index contributed by atoms with van der Waals surface area (Å²) in [7, 11) is 3.75. The highest BCUT2D eigenvalue weighted by atomic mass is 127. The Bertz CT molecular complexity index is 806. The van der Waals surface area contributed by atoms with Crippen molar-refractivity contribution in [3.8, 4) is 0 Å². The van der Waals surface area contributed by atoms with Gasteiger partial charge in [0.15, 0.2) is 5.96 Å². The number of anilines is 1. The van der Waals surface area contributed by atoms with Gasteiger partial charge in [-0.25, -0.2) is 4.99 Å². The first-order valence-corrected chi connectivity index (χ1v) is 10.8. The number of guanidine groups is 1. The highest BCUT2D eigenvalue weighted by Gasteiger charge is 2.21. The topological polar surface area (TPSA) is 68.8 Å². The normalized spacial score (nSPS) is 11.7. The van der Waals surface area contributed by atoms with Crippen LogP contribution in [0.2, 0.25) is 0 Å². The lowest BCUT2D eigenvalue weighted by Gasteiger charge is -2.25. The van der Waals surface area contributed by atoms with E-state index in [0.29, 0.717) is 13.1 Å². The van der Waals surface area contributed by atoms with Gasteiger partial charge in [-0.05, 0) is 50.2 Å². The van der Waals surface area contributed by atoms with E-state index in [4.69, 9.17) is 4.99 Å². The molecule has 0 aliphatic rings. The molecule has 0 radical (unpaired) electrons. The van der Waals surface area contributed by atoms with Crippen molar-refractivity contribution in [1.29, 1.82) is 0 Å². The van der Waals surface area contributed by atoms with Gasteiger partial charge in [-0.3, -0.25) is 4.79 Å². The molecule has 0 aliphatic carbocycles. The molecule has 1 heterocycles. The number of rotatable bonds is 9. The van der Waals surface area contributed by atoms with Gasteiger partial charge < -0.3 is 20.9 Å². The number of amides is 1. The number of likely N-dealkylation sites (N-methyl/N-ethyl adjacent to an activating group) is 1. The van der Waals surface area contributed by atoms with Crippen LogP contribution in [0.25, 0.3) is 0 Å². The summed E-state index contributed by atoms with van der Waals surface area (Å²) in [6, 6.07) is 12.1. The second kappa shape index (κ2) is 12.9. The van der Waals surface area contributed by atoms with E-state index in [1.165, 1.54) is 4.88 Å². The van der Waals surface area contributed by atoms with Gasteiger partial charge in [0, 0.05) is 29.1 Å². The number of thiophene rings is 1. The van der Waals surface area contributed by atoms with Gasteiger partial charge in [0.2, 0.25) is 5.91 Å². The molecule has 8 heteroatoms. The summed E-state index contributed by atoms with van der Waals surface area (Å²) < 4.78 is 0. The molecule has 166 valence electrons. The Hall–Kier alpha value is -1.65. The van der Waals surface area contributed by atoms with Crippen LogP contribution < -0.4 is 16.0 Å². The van der Waals surface area contributed by atoms with Crippen LogP contribution in [-0.4, -0.2) is 50.5 Å². The van der Waals surface area contributed by atoms with Crippen molar-refractivity contribution in [2.75, 3.05) is 39.0 Å². The maximum Gasteiger partial charge on any atom is 0.238 e. The fourth-order valence-corrected chi connectivity index (χ4v) is 3.65. The molecule has 3 N–H and O–H groups in total. The van der Waals surface area contributed by atoms with Crippen LogP contribution in [0.15, 0.2) is 46.8 Å². The molecular formula is C22H34IN5OS. The largest absolute Gasteiger partial charge is 0.357 e. The number of nitrogens with zero attached hydrogens (tertiary/aromatic N) is 2. The molecule has 2 aromatic rings. The number of benzene rings is 1. The molecule has 0 fully saturated rings. The predicted molar refractivity (Wildman–Crippen MR) is 139 cm³/mol. The highest BCUT2D eigenvalue weighted by molar-refractivity contribution is 14.0. The number of aliphatic imine (C=N–C) groups is 1. The third kappa shape index (κ3) is 9.01. The molecule has 2 rings (SSSR count). The van der Waals surface area contributed by atoms with Crippen molar-refractivity contribution in [2.24, 2.45) is 4.99 Å². The van der Waals surface area contributed by atoms with Crippen molar-refractivity contribution in [1.82, 2.24) is 15.5 Å². The molecule has 6 nitrogen and oxygen atoms in total. The molecule has 0 atom stereocenters. The lowest BCUT2D eigenvalue weighted by Crippen LogP contribution is -2.43. The van der Waals surface area contributed by atoms with Crippen LogP contribution in [0, 0.1) is 0 Å². The Balaban J connectivity index is 0.00000450. The van der Waals surface area contributed by atoms with Crippen LogP contribution in [0.4, 0.5) is 5.69 Å². The lowest BCUT2D eigenvalue weighted by molar-refractivity contribution is -0.116. The number of hydrogen-bond acceptors (Lipinski definition) is 4. The summed E-state index contributed by atoms with van der Waals surface area (Å²) in [5.74, 6) is 0.764. The van der Waals surface area contributed by atoms with Crippen molar-refractivity contribution in [3.05, 3.63) is 52.2 Å². The van der Waals surface area contributed by atoms with Gasteiger partial charge in [-0.15, -0.1) is 35.3 Å². The van der Waals surface area contributed by atoms with E-state index in [-0.39, 0.29) is 35.3 Å². The molecule has 0 saturated heterocycles. The Labute approximate surface area is 201 Å². The minimum absolute atomic E-state index is 0. The van der Waals surface area contributed by atoms with Crippen LogP contribution in [0.5, 0.6) is 0 Å². The molecule has 30 heavy (non-hydrogen) atoms. The highest BCUT2D eigenvalue weighted by Crippen LogP contribution is 2.26. The molecule has 1 aromatic carbocycles. The molecule has 0 unspecified atom stereocenters. The van der Waals surface area contributed by atoms with Gasteiger partial charge in [0.25, 0.3) is 0 Å². The molecule has 0 spiro atoms.